The highest BCUT2D eigenvalue weighted by Crippen LogP contribution is 2.14. The Morgan fingerprint density at radius 2 is 0.782 bits per heavy atom. The van der Waals surface area contributed by atoms with Gasteiger partial charge in [-0.25, -0.2) is 0 Å². The largest absolute Gasteiger partial charge is 0.481 e. The van der Waals surface area contributed by atoms with Gasteiger partial charge in [0, 0.05) is 51.9 Å². The van der Waals surface area contributed by atoms with Crippen LogP contribution in [0.1, 0.15) is 180 Å². The van der Waals surface area contributed by atoms with E-state index in [-0.39, 0.29) is 23.6 Å². The summed E-state index contributed by atoms with van der Waals surface area (Å²) in [7, 11) is 5.19. The lowest BCUT2D eigenvalue weighted by Crippen LogP contribution is -2.41. The van der Waals surface area contributed by atoms with Crippen molar-refractivity contribution in [1.82, 2.24) is 26.5 Å². The number of carbonyl (C=O) groups excluding carboxylic acids is 4. The van der Waals surface area contributed by atoms with E-state index in [1.165, 1.54) is 51.4 Å². The minimum Gasteiger partial charge on any atom is -0.481 e. The molecule has 0 aromatic rings. The van der Waals surface area contributed by atoms with Crippen molar-refractivity contribution in [3.8, 4) is 0 Å². The van der Waals surface area contributed by atoms with Crippen LogP contribution in [0.2, 0.25) is 0 Å². The maximum Gasteiger partial charge on any atom is 0.319 e. The molecule has 0 rings (SSSR count). The van der Waals surface area contributed by atoms with Crippen LogP contribution >= 0.6 is 0 Å². The number of amides is 4. The highest BCUT2D eigenvalue weighted by atomic mass is 16.4. The smallest absolute Gasteiger partial charge is 0.319 e. The molecule has 0 aliphatic carbocycles. The number of unbranched alkanes of at least 4 members (excludes halogenated alkanes) is 17. The van der Waals surface area contributed by atoms with Crippen molar-refractivity contribution in [2.75, 3.05) is 26.2 Å². The number of carbonyl (C=O) groups is 6. The van der Waals surface area contributed by atoms with Gasteiger partial charge in [0.15, 0.2) is 7.98 Å². The molecule has 55 heavy (non-hydrogen) atoms. The van der Waals surface area contributed by atoms with E-state index >= 15 is 0 Å². The number of hydrogen-bond acceptors (Lipinski definition) is 8. The molecule has 0 fully saturated rings. The highest BCUT2D eigenvalue weighted by molar-refractivity contribution is 6.06. The van der Waals surface area contributed by atoms with Gasteiger partial charge in [-0.05, 0) is 70.6 Å². The monoisotopic (exact) mass is 779 g/mol. The Bertz CT molecular complexity index is 1040. The van der Waals surface area contributed by atoms with E-state index in [0.717, 1.165) is 57.8 Å². The van der Waals surface area contributed by atoms with Crippen molar-refractivity contribution in [3.05, 3.63) is 0 Å². The predicted molar refractivity (Wildman–Crippen MR) is 217 cm³/mol. The molecule has 9 N–H and O–H groups in total. The lowest BCUT2D eigenvalue weighted by Gasteiger charge is -2.12. The molecule has 0 unspecified atom stereocenters. The standard InChI is InChI=1S/C40H75BN6O8/c41-47-34(40(54)55)24-18-21-30-43-35(48)26-15-13-19-31-46-39(53)33(42)23-17-20-29-44-37(50)27-22-32-45-36(49)25-14-11-9-7-5-3-1-2-4-6-8-10-12-16-28-38(51)52/h33-34,47H,1-32,42H2,(H,43,48)(H,44,50)(H,45,49)(H,46,53)(H,51,52)(H,54,55)/t33-,34-/m0/s1. The Kier molecular flexibility index (Phi) is 35.5. The van der Waals surface area contributed by atoms with Gasteiger partial charge in [0.1, 0.15) is 0 Å². The Balaban J connectivity index is 3.53. The van der Waals surface area contributed by atoms with Crippen molar-refractivity contribution in [2.24, 2.45) is 5.73 Å². The zero-order chi connectivity index (χ0) is 40.8. The quantitative estimate of drug-likeness (QED) is 0.0310. The second kappa shape index (κ2) is 37.7. The summed E-state index contributed by atoms with van der Waals surface area (Å²) in [5, 5.41) is 31.3. The zero-order valence-electron chi connectivity index (χ0n) is 33.8. The molecule has 0 saturated heterocycles. The van der Waals surface area contributed by atoms with Gasteiger partial charge in [-0.2, -0.15) is 0 Å². The summed E-state index contributed by atoms with van der Waals surface area (Å²) in [4.78, 5) is 69.8. The lowest BCUT2D eigenvalue weighted by atomic mass is 10.0. The maximum absolute atomic E-state index is 12.3. The molecule has 0 saturated carbocycles. The van der Waals surface area contributed by atoms with E-state index in [9.17, 15) is 28.8 Å². The minimum absolute atomic E-state index is 0.0449. The molecular formula is C40H75BN6O8. The fourth-order valence-electron chi connectivity index (χ4n) is 6.18. The van der Waals surface area contributed by atoms with Gasteiger partial charge in [-0.15, -0.1) is 0 Å². The van der Waals surface area contributed by atoms with Crippen LogP contribution < -0.4 is 32.2 Å². The Labute approximate surface area is 332 Å². The van der Waals surface area contributed by atoms with Crippen molar-refractivity contribution >= 4 is 43.5 Å². The fourth-order valence-corrected chi connectivity index (χ4v) is 6.18. The summed E-state index contributed by atoms with van der Waals surface area (Å²) >= 11 is 0. The molecule has 0 aromatic carbocycles. The Hall–Kier alpha value is -3.20. The molecule has 0 aromatic heterocycles. The summed E-state index contributed by atoms with van der Waals surface area (Å²) in [6, 6.07) is -1.39. The third kappa shape index (κ3) is 36.2. The number of aliphatic carboxylic acids is 2. The summed E-state index contributed by atoms with van der Waals surface area (Å²) < 4.78 is 0. The van der Waals surface area contributed by atoms with Gasteiger partial charge in [-0.3, -0.25) is 28.8 Å². The Morgan fingerprint density at radius 3 is 1.22 bits per heavy atom. The number of carboxylic acid groups (broad SMARTS) is 2. The SMILES string of the molecule is [B]N[C@@H](CCCCNC(=O)CCCCCNC(=O)[C@@H](N)CCCCNC(=O)CCCNC(=O)CCCCCCCCCCCCCCCCC(=O)O)C(=O)O. The van der Waals surface area contributed by atoms with Crippen LogP contribution in [0.15, 0.2) is 0 Å². The van der Waals surface area contributed by atoms with E-state index in [2.05, 4.69) is 26.5 Å². The molecule has 4 amide bonds. The molecule has 316 valence electrons. The summed E-state index contributed by atoms with van der Waals surface area (Å²) in [5.41, 5.74) is 6.01. The number of nitrogens with one attached hydrogen (secondary N) is 5. The molecule has 0 aliphatic rings. The van der Waals surface area contributed by atoms with Gasteiger partial charge >= 0.3 is 11.9 Å². The van der Waals surface area contributed by atoms with Gasteiger partial charge in [0.2, 0.25) is 23.6 Å². The molecule has 0 bridgehead atoms. The van der Waals surface area contributed by atoms with Gasteiger partial charge in [-0.1, -0.05) is 83.5 Å². The third-order valence-electron chi connectivity index (χ3n) is 9.67. The van der Waals surface area contributed by atoms with Crippen LogP contribution in [-0.4, -0.2) is 92.0 Å². The van der Waals surface area contributed by atoms with Crippen LogP contribution in [0.3, 0.4) is 0 Å². The molecule has 0 heterocycles. The first-order valence-corrected chi connectivity index (χ1v) is 21.3. The highest BCUT2D eigenvalue weighted by Gasteiger charge is 2.14. The second-order valence-corrected chi connectivity index (χ2v) is 14.8. The summed E-state index contributed by atoms with van der Waals surface area (Å²) in [5.74, 6) is -1.94. The van der Waals surface area contributed by atoms with E-state index < -0.39 is 24.0 Å². The number of hydrogen-bond donors (Lipinski definition) is 8. The molecule has 2 atom stereocenters. The molecule has 0 spiro atoms. The minimum atomic E-state index is -0.992. The average molecular weight is 779 g/mol. The number of rotatable bonds is 40. The molecule has 14 nitrogen and oxygen atoms in total. The molecule has 15 heteroatoms. The Morgan fingerprint density at radius 1 is 0.436 bits per heavy atom. The van der Waals surface area contributed by atoms with Crippen molar-refractivity contribution < 1.29 is 39.0 Å². The fraction of sp³-hybridized carbons (Fsp3) is 0.850. The second-order valence-electron chi connectivity index (χ2n) is 14.8. The average Bonchev–Trinajstić information content (AvgIpc) is 3.15. The van der Waals surface area contributed by atoms with Crippen LogP contribution in [-0.2, 0) is 28.8 Å². The van der Waals surface area contributed by atoms with Crippen molar-refractivity contribution in [1.29, 1.82) is 0 Å². The first-order chi connectivity index (χ1) is 26.6. The van der Waals surface area contributed by atoms with E-state index in [1.54, 1.807) is 0 Å². The van der Waals surface area contributed by atoms with E-state index in [4.69, 9.17) is 23.9 Å². The van der Waals surface area contributed by atoms with E-state index in [1.807, 2.05) is 0 Å². The molecular weight excluding hydrogens is 703 g/mol. The van der Waals surface area contributed by atoms with Crippen molar-refractivity contribution in [2.45, 2.75) is 192 Å². The number of carboxylic acids is 2. The maximum atomic E-state index is 12.3. The van der Waals surface area contributed by atoms with Crippen LogP contribution in [0, 0.1) is 0 Å². The summed E-state index contributed by atoms with van der Waals surface area (Å²) in [6.07, 6.45) is 24.2. The van der Waals surface area contributed by atoms with Crippen LogP contribution in [0.25, 0.3) is 0 Å². The van der Waals surface area contributed by atoms with E-state index in [0.29, 0.717) is 96.8 Å². The van der Waals surface area contributed by atoms with Gasteiger partial charge < -0.3 is 42.4 Å². The van der Waals surface area contributed by atoms with Crippen LogP contribution in [0.4, 0.5) is 0 Å². The molecule has 0 aliphatic heterocycles. The first kappa shape index (κ1) is 51.8. The third-order valence-corrected chi connectivity index (χ3v) is 9.67. The topological polar surface area (TPSA) is 229 Å². The number of nitrogens with two attached hydrogens (primary N) is 1. The van der Waals surface area contributed by atoms with Crippen molar-refractivity contribution in [3.63, 3.8) is 0 Å². The normalized spacial score (nSPS) is 12.1. The molecule has 2 radical (unpaired) electrons. The predicted octanol–water partition coefficient (Wildman–Crippen LogP) is 4.91. The van der Waals surface area contributed by atoms with Gasteiger partial charge in [0.05, 0.1) is 12.1 Å². The summed E-state index contributed by atoms with van der Waals surface area (Å²) in [6.45, 7) is 1.99. The first-order valence-electron chi connectivity index (χ1n) is 21.3. The lowest BCUT2D eigenvalue weighted by molar-refractivity contribution is -0.139. The zero-order valence-corrected chi connectivity index (χ0v) is 33.8. The van der Waals surface area contributed by atoms with Gasteiger partial charge in [0.25, 0.3) is 0 Å². The van der Waals surface area contributed by atoms with Crippen LogP contribution in [0.5, 0.6) is 0 Å².